The number of rotatable bonds is 5. The predicted molar refractivity (Wildman–Crippen MR) is 121 cm³/mol. The van der Waals surface area contributed by atoms with Crippen LogP contribution in [0.5, 0.6) is 0 Å². The molecule has 1 aromatic heterocycles. The van der Waals surface area contributed by atoms with Crippen LogP contribution < -0.4 is 4.90 Å². The molecular weight excluding hydrogens is 372 g/mol. The molecule has 2 aliphatic heterocycles. The van der Waals surface area contributed by atoms with E-state index in [2.05, 4.69) is 42.2 Å². The summed E-state index contributed by atoms with van der Waals surface area (Å²) in [5.74, 6) is 2.59. The van der Waals surface area contributed by atoms with E-state index in [4.69, 9.17) is 9.97 Å². The first-order chi connectivity index (χ1) is 14.5. The van der Waals surface area contributed by atoms with Gasteiger partial charge in [0.2, 0.25) is 5.91 Å². The average molecular weight is 407 g/mol. The first-order valence-corrected chi connectivity index (χ1v) is 11.5. The summed E-state index contributed by atoms with van der Waals surface area (Å²) >= 11 is 0. The molecule has 160 valence electrons. The summed E-state index contributed by atoms with van der Waals surface area (Å²) in [6.45, 7) is 9.74. The lowest BCUT2D eigenvalue weighted by atomic mass is 9.95. The van der Waals surface area contributed by atoms with Crippen LogP contribution in [0.2, 0.25) is 0 Å². The number of piperidine rings is 1. The van der Waals surface area contributed by atoms with Gasteiger partial charge in [-0.1, -0.05) is 44.2 Å². The van der Waals surface area contributed by atoms with Crippen molar-refractivity contribution < 1.29 is 4.79 Å². The number of carbonyl (C=O) groups excluding carboxylic acids is 1. The lowest BCUT2D eigenvalue weighted by Gasteiger charge is -2.35. The highest BCUT2D eigenvalue weighted by molar-refractivity contribution is 5.78. The van der Waals surface area contributed by atoms with Crippen LogP contribution >= 0.6 is 0 Å². The van der Waals surface area contributed by atoms with Gasteiger partial charge in [0.15, 0.2) is 0 Å². The highest BCUT2D eigenvalue weighted by Gasteiger charge is 2.30. The van der Waals surface area contributed by atoms with E-state index in [-0.39, 0.29) is 17.7 Å². The van der Waals surface area contributed by atoms with Crippen LogP contribution in [0.25, 0.3) is 0 Å². The van der Waals surface area contributed by atoms with Crippen molar-refractivity contribution in [3.8, 4) is 0 Å². The zero-order chi connectivity index (χ0) is 21.1. The summed E-state index contributed by atoms with van der Waals surface area (Å²) in [6, 6.07) is 10.7. The van der Waals surface area contributed by atoms with Gasteiger partial charge in [-0.25, -0.2) is 9.97 Å². The van der Waals surface area contributed by atoms with Crippen molar-refractivity contribution in [3.63, 3.8) is 0 Å². The number of benzene rings is 1. The van der Waals surface area contributed by atoms with E-state index < -0.39 is 0 Å². The molecule has 5 heteroatoms. The Bertz CT molecular complexity index is 880. The van der Waals surface area contributed by atoms with Gasteiger partial charge in [0.25, 0.3) is 0 Å². The molecule has 30 heavy (non-hydrogen) atoms. The normalized spacial score (nSPS) is 19.1. The first-order valence-electron chi connectivity index (χ1n) is 11.5. The highest BCUT2D eigenvalue weighted by Crippen LogP contribution is 2.32. The molecule has 1 aromatic carbocycles. The van der Waals surface area contributed by atoms with Crippen molar-refractivity contribution >= 4 is 11.7 Å². The Labute approximate surface area is 180 Å². The maximum absolute atomic E-state index is 12.5. The lowest BCUT2D eigenvalue weighted by Crippen LogP contribution is -2.42. The van der Waals surface area contributed by atoms with Crippen LogP contribution in [-0.2, 0) is 17.6 Å². The molecule has 0 saturated carbocycles. The van der Waals surface area contributed by atoms with Crippen molar-refractivity contribution in [1.29, 1.82) is 0 Å². The molecule has 4 rings (SSSR count). The van der Waals surface area contributed by atoms with Crippen molar-refractivity contribution in [2.75, 3.05) is 31.1 Å². The van der Waals surface area contributed by atoms with Crippen molar-refractivity contribution in [1.82, 2.24) is 14.9 Å². The van der Waals surface area contributed by atoms with Gasteiger partial charge >= 0.3 is 0 Å². The standard InChI is InChI=1S/C25H34N4O/c1-18(2)25(30)29-15-7-11-21(17-29)23-26-19(3)22-12-8-14-28(24(22)27-23)16-13-20-9-5-4-6-10-20/h4-6,9-10,18,21H,7-8,11-17H2,1-3H3/t21-/m0/s1. The third-order valence-electron chi connectivity index (χ3n) is 6.47. The van der Waals surface area contributed by atoms with E-state index >= 15 is 0 Å². The maximum atomic E-state index is 12.5. The van der Waals surface area contributed by atoms with Crippen LogP contribution in [0.15, 0.2) is 30.3 Å². The van der Waals surface area contributed by atoms with Crippen molar-refractivity contribution in [3.05, 3.63) is 53.0 Å². The zero-order valence-corrected chi connectivity index (χ0v) is 18.6. The van der Waals surface area contributed by atoms with E-state index in [9.17, 15) is 4.79 Å². The summed E-state index contributed by atoms with van der Waals surface area (Å²) in [5, 5.41) is 0. The molecule has 5 nitrogen and oxygen atoms in total. The summed E-state index contributed by atoms with van der Waals surface area (Å²) in [5.41, 5.74) is 3.79. The minimum Gasteiger partial charge on any atom is -0.356 e. The summed E-state index contributed by atoms with van der Waals surface area (Å²) in [7, 11) is 0. The number of carbonyl (C=O) groups is 1. The minimum atomic E-state index is 0.0448. The molecular formula is C25H34N4O. The Hall–Kier alpha value is -2.43. The number of fused-ring (bicyclic) bond motifs is 1. The Morgan fingerprint density at radius 1 is 1.13 bits per heavy atom. The number of nitrogens with zero attached hydrogens (tertiary/aromatic N) is 4. The van der Waals surface area contributed by atoms with Gasteiger partial charge < -0.3 is 9.80 Å². The lowest BCUT2D eigenvalue weighted by molar-refractivity contribution is -0.135. The van der Waals surface area contributed by atoms with Crippen LogP contribution in [0.1, 0.15) is 61.7 Å². The number of anilines is 1. The second kappa shape index (κ2) is 9.15. The SMILES string of the molecule is Cc1nc([C@H]2CCCN(C(=O)C(C)C)C2)nc2c1CCCN2CCc1ccccc1. The molecule has 1 fully saturated rings. The largest absolute Gasteiger partial charge is 0.356 e. The molecule has 2 aliphatic rings. The Kier molecular flexibility index (Phi) is 6.35. The Morgan fingerprint density at radius 3 is 2.70 bits per heavy atom. The summed E-state index contributed by atoms with van der Waals surface area (Å²) < 4.78 is 0. The first kappa shape index (κ1) is 20.8. The molecule has 0 aliphatic carbocycles. The number of aromatic nitrogens is 2. The van der Waals surface area contributed by atoms with E-state index in [1.54, 1.807) is 0 Å². The van der Waals surface area contributed by atoms with Gasteiger partial charge in [-0.3, -0.25) is 4.79 Å². The van der Waals surface area contributed by atoms with Crippen LogP contribution in [0.4, 0.5) is 5.82 Å². The number of aryl methyl sites for hydroxylation is 1. The van der Waals surface area contributed by atoms with E-state index in [0.717, 1.165) is 75.6 Å². The smallest absolute Gasteiger partial charge is 0.225 e. The second-order valence-corrected chi connectivity index (χ2v) is 9.07. The third-order valence-corrected chi connectivity index (χ3v) is 6.47. The minimum absolute atomic E-state index is 0.0448. The number of likely N-dealkylation sites (tertiary alicyclic amines) is 1. The third kappa shape index (κ3) is 4.50. The number of amides is 1. The topological polar surface area (TPSA) is 49.3 Å². The fraction of sp³-hybridized carbons (Fsp3) is 0.560. The fourth-order valence-electron chi connectivity index (χ4n) is 4.77. The van der Waals surface area contributed by atoms with E-state index in [1.807, 2.05) is 18.7 Å². The average Bonchev–Trinajstić information content (AvgIpc) is 2.78. The zero-order valence-electron chi connectivity index (χ0n) is 18.6. The van der Waals surface area contributed by atoms with Gasteiger partial charge in [0.1, 0.15) is 11.6 Å². The quantitative estimate of drug-likeness (QED) is 0.749. The summed E-state index contributed by atoms with van der Waals surface area (Å²) in [4.78, 5) is 27.0. The predicted octanol–water partition coefficient (Wildman–Crippen LogP) is 4.14. The van der Waals surface area contributed by atoms with Gasteiger partial charge in [0, 0.05) is 49.3 Å². The fourth-order valence-corrected chi connectivity index (χ4v) is 4.77. The molecule has 2 aromatic rings. The van der Waals surface area contributed by atoms with Crippen molar-refractivity contribution in [2.45, 2.75) is 58.8 Å². The molecule has 1 atom stereocenters. The van der Waals surface area contributed by atoms with Crippen molar-refractivity contribution in [2.24, 2.45) is 5.92 Å². The monoisotopic (exact) mass is 406 g/mol. The molecule has 0 radical (unpaired) electrons. The van der Waals surface area contributed by atoms with Crippen LogP contribution in [0, 0.1) is 12.8 Å². The van der Waals surface area contributed by atoms with Gasteiger partial charge in [-0.15, -0.1) is 0 Å². The van der Waals surface area contributed by atoms with Crippen LogP contribution in [0.3, 0.4) is 0 Å². The molecule has 0 N–H and O–H groups in total. The number of hydrogen-bond donors (Lipinski definition) is 0. The highest BCUT2D eigenvalue weighted by atomic mass is 16.2. The van der Waals surface area contributed by atoms with Gasteiger partial charge in [-0.05, 0) is 44.6 Å². The Balaban J connectivity index is 1.55. The number of hydrogen-bond acceptors (Lipinski definition) is 4. The second-order valence-electron chi connectivity index (χ2n) is 9.07. The van der Waals surface area contributed by atoms with E-state index in [1.165, 1.54) is 11.1 Å². The molecule has 3 heterocycles. The molecule has 1 saturated heterocycles. The maximum Gasteiger partial charge on any atom is 0.225 e. The Morgan fingerprint density at radius 2 is 1.93 bits per heavy atom. The molecule has 0 bridgehead atoms. The van der Waals surface area contributed by atoms with Gasteiger partial charge in [-0.2, -0.15) is 0 Å². The molecule has 0 unspecified atom stereocenters. The molecule has 1 amide bonds. The van der Waals surface area contributed by atoms with E-state index in [0.29, 0.717) is 0 Å². The van der Waals surface area contributed by atoms with Gasteiger partial charge in [0.05, 0.1) is 0 Å². The van der Waals surface area contributed by atoms with Crippen LogP contribution in [-0.4, -0.2) is 47.0 Å². The molecule has 0 spiro atoms. The summed E-state index contributed by atoms with van der Waals surface area (Å²) in [6.07, 6.45) is 5.33.